The second kappa shape index (κ2) is 9.93. The monoisotopic (exact) mass is 471 g/mol. The highest BCUT2D eigenvalue weighted by molar-refractivity contribution is 7.92. The Hall–Kier alpha value is -2.91. The summed E-state index contributed by atoms with van der Waals surface area (Å²) in [6, 6.07) is 14.7. The molecule has 7 nitrogen and oxygen atoms in total. The normalized spacial score (nSPS) is 15.1. The maximum atomic E-state index is 13.1. The Morgan fingerprint density at radius 1 is 1.06 bits per heavy atom. The van der Waals surface area contributed by atoms with Gasteiger partial charge >= 0.3 is 0 Å². The van der Waals surface area contributed by atoms with Crippen molar-refractivity contribution in [1.29, 1.82) is 0 Å². The van der Waals surface area contributed by atoms with Gasteiger partial charge < -0.3 is 10.2 Å². The molecule has 0 amide bonds. The molecule has 1 aliphatic rings. The Labute approximate surface area is 194 Å². The Morgan fingerprint density at radius 3 is 2.45 bits per heavy atom. The lowest BCUT2D eigenvalue weighted by molar-refractivity contribution is 0.399. The third kappa shape index (κ3) is 5.91. The van der Waals surface area contributed by atoms with Crippen molar-refractivity contribution in [2.24, 2.45) is 0 Å². The first kappa shape index (κ1) is 23.3. The number of halogens is 1. The largest absolute Gasteiger partial charge is 0.371 e. The summed E-state index contributed by atoms with van der Waals surface area (Å²) in [6.45, 7) is 7.61. The summed E-state index contributed by atoms with van der Waals surface area (Å²) in [4.78, 5) is 2.30. The van der Waals surface area contributed by atoms with Crippen LogP contribution in [0.3, 0.4) is 0 Å². The number of hydrogen-bond donors (Lipinski definition) is 2. The zero-order valence-corrected chi connectivity index (χ0v) is 19.8. The number of rotatable bonds is 8. The molecule has 1 fully saturated rings. The van der Waals surface area contributed by atoms with Crippen molar-refractivity contribution >= 4 is 21.4 Å². The number of anilines is 2. The van der Waals surface area contributed by atoms with E-state index in [9.17, 15) is 12.8 Å². The van der Waals surface area contributed by atoms with E-state index in [0.717, 1.165) is 62.5 Å². The van der Waals surface area contributed by atoms with Crippen LogP contribution in [0.15, 0.2) is 59.5 Å². The van der Waals surface area contributed by atoms with Crippen molar-refractivity contribution in [3.8, 4) is 0 Å². The topological polar surface area (TPSA) is 79.3 Å². The van der Waals surface area contributed by atoms with Crippen LogP contribution in [0.5, 0.6) is 0 Å². The number of aromatic nitrogens is 2. The Bertz CT molecular complexity index is 1190. The van der Waals surface area contributed by atoms with Gasteiger partial charge in [-0.15, -0.1) is 0 Å². The van der Waals surface area contributed by atoms with Crippen molar-refractivity contribution in [2.45, 2.75) is 44.2 Å². The predicted molar refractivity (Wildman–Crippen MR) is 129 cm³/mol. The molecule has 9 heteroatoms. The van der Waals surface area contributed by atoms with E-state index in [-0.39, 0.29) is 4.90 Å². The molecule has 2 N–H and O–H groups in total. The second-order valence-electron chi connectivity index (χ2n) is 8.48. The molecular formula is C24H30FN5O2S. The first-order chi connectivity index (χ1) is 15.8. The third-order valence-corrected chi connectivity index (χ3v) is 7.34. The van der Waals surface area contributed by atoms with E-state index in [1.165, 1.54) is 17.8 Å². The SMILES string of the molecule is Cc1cc(C)n(CCNC2CCN(c3cccc(NS(=O)(=O)c4ccc(F)cc4)c3)CC2)n1. The second-order valence-corrected chi connectivity index (χ2v) is 10.2. The van der Waals surface area contributed by atoms with E-state index in [0.29, 0.717) is 11.7 Å². The van der Waals surface area contributed by atoms with Crippen LogP contribution in [0, 0.1) is 19.7 Å². The molecule has 1 saturated heterocycles. The van der Waals surface area contributed by atoms with Gasteiger partial charge in [-0.2, -0.15) is 5.10 Å². The first-order valence-electron chi connectivity index (χ1n) is 11.2. The molecule has 1 aliphatic heterocycles. The number of aryl methyl sites for hydroxylation is 2. The molecule has 3 aromatic rings. The summed E-state index contributed by atoms with van der Waals surface area (Å²) >= 11 is 0. The minimum atomic E-state index is -3.77. The van der Waals surface area contributed by atoms with Gasteiger partial charge in [-0.3, -0.25) is 9.40 Å². The van der Waals surface area contributed by atoms with Gasteiger partial charge in [0, 0.05) is 37.1 Å². The number of nitrogens with zero attached hydrogens (tertiary/aromatic N) is 3. The van der Waals surface area contributed by atoms with Gasteiger partial charge in [0.15, 0.2) is 0 Å². The number of nitrogens with one attached hydrogen (secondary N) is 2. The maximum absolute atomic E-state index is 13.1. The van der Waals surface area contributed by atoms with Gasteiger partial charge in [-0.1, -0.05) is 6.07 Å². The van der Waals surface area contributed by atoms with Gasteiger partial charge in [-0.05, 0) is 75.2 Å². The van der Waals surface area contributed by atoms with E-state index >= 15 is 0 Å². The van der Waals surface area contributed by atoms with E-state index in [4.69, 9.17) is 0 Å². The number of hydrogen-bond acceptors (Lipinski definition) is 5. The summed E-state index contributed by atoms with van der Waals surface area (Å²) < 4.78 is 43.0. The van der Waals surface area contributed by atoms with Crippen molar-refractivity contribution in [2.75, 3.05) is 29.3 Å². The molecule has 176 valence electrons. The lowest BCUT2D eigenvalue weighted by Crippen LogP contribution is -2.43. The lowest BCUT2D eigenvalue weighted by Gasteiger charge is -2.34. The van der Waals surface area contributed by atoms with Crippen LogP contribution < -0.4 is 14.9 Å². The third-order valence-electron chi connectivity index (χ3n) is 5.94. The van der Waals surface area contributed by atoms with Crippen LogP contribution in [0.25, 0.3) is 0 Å². The number of piperidine rings is 1. The lowest BCUT2D eigenvalue weighted by atomic mass is 10.0. The smallest absolute Gasteiger partial charge is 0.261 e. The van der Waals surface area contributed by atoms with Gasteiger partial charge in [0.05, 0.1) is 22.8 Å². The Kier molecular flexibility index (Phi) is 6.99. The molecule has 0 aliphatic carbocycles. The summed E-state index contributed by atoms with van der Waals surface area (Å²) in [5.74, 6) is -0.472. The first-order valence-corrected chi connectivity index (χ1v) is 12.7. The van der Waals surface area contributed by atoms with Gasteiger partial charge in [-0.25, -0.2) is 12.8 Å². The fourth-order valence-corrected chi connectivity index (χ4v) is 5.26. The summed E-state index contributed by atoms with van der Waals surface area (Å²) in [6.07, 6.45) is 2.03. The van der Waals surface area contributed by atoms with Crippen molar-refractivity contribution in [3.05, 3.63) is 71.8 Å². The van der Waals surface area contributed by atoms with Crippen LogP contribution in [0.4, 0.5) is 15.8 Å². The molecule has 4 rings (SSSR count). The quantitative estimate of drug-likeness (QED) is 0.524. The molecule has 1 aromatic heterocycles. The van der Waals surface area contributed by atoms with Crippen LogP contribution >= 0.6 is 0 Å². The molecule has 0 atom stereocenters. The zero-order valence-electron chi connectivity index (χ0n) is 19.0. The maximum Gasteiger partial charge on any atom is 0.261 e. The summed E-state index contributed by atoms with van der Waals surface area (Å²) in [5.41, 5.74) is 3.69. The minimum absolute atomic E-state index is 0.0293. The highest BCUT2D eigenvalue weighted by Gasteiger charge is 2.20. The van der Waals surface area contributed by atoms with Gasteiger partial charge in [0.2, 0.25) is 0 Å². The minimum Gasteiger partial charge on any atom is -0.371 e. The highest BCUT2D eigenvalue weighted by Crippen LogP contribution is 2.25. The number of benzene rings is 2. The van der Waals surface area contributed by atoms with Crippen LogP contribution in [0.2, 0.25) is 0 Å². The summed E-state index contributed by atoms with van der Waals surface area (Å²) in [5, 5.41) is 8.14. The van der Waals surface area contributed by atoms with E-state index in [2.05, 4.69) is 33.0 Å². The molecule has 0 bridgehead atoms. The molecule has 0 radical (unpaired) electrons. The highest BCUT2D eigenvalue weighted by atomic mass is 32.2. The van der Waals surface area contributed by atoms with Crippen LogP contribution in [-0.2, 0) is 16.6 Å². The van der Waals surface area contributed by atoms with E-state index in [1.54, 1.807) is 6.07 Å². The average molecular weight is 472 g/mol. The molecule has 0 unspecified atom stereocenters. The predicted octanol–water partition coefficient (Wildman–Crippen LogP) is 3.70. The molecule has 0 saturated carbocycles. The van der Waals surface area contributed by atoms with Crippen molar-refractivity contribution < 1.29 is 12.8 Å². The molecule has 33 heavy (non-hydrogen) atoms. The fraction of sp³-hybridized carbons (Fsp3) is 0.375. The average Bonchev–Trinajstić information content (AvgIpc) is 3.11. The molecule has 2 aromatic carbocycles. The fourth-order valence-electron chi connectivity index (χ4n) is 4.21. The molecule has 2 heterocycles. The molecule has 0 spiro atoms. The van der Waals surface area contributed by atoms with Crippen molar-refractivity contribution in [1.82, 2.24) is 15.1 Å². The Morgan fingerprint density at radius 2 is 1.79 bits per heavy atom. The van der Waals surface area contributed by atoms with Crippen LogP contribution in [0.1, 0.15) is 24.2 Å². The summed E-state index contributed by atoms with van der Waals surface area (Å²) in [7, 11) is -3.77. The van der Waals surface area contributed by atoms with Crippen molar-refractivity contribution in [3.63, 3.8) is 0 Å². The molecular weight excluding hydrogens is 441 g/mol. The standard InChI is InChI=1S/C24H30FN5O2S/c1-18-16-19(2)30(27-18)15-12-26-21-10-13-29(14-11-21)23-5-3-4-22(17-23)28-33(31,32)24-8-6-20(25)7-9-24/h3-9,16-17,21,26,28H,10-15H2,1-2H3. The van der Waals surface area contributed by atoms with Crippen LogP contribution in [-0.4, -0.2) is 43.9 Å². The van der Waals surface area contributed by atoms with E-state index < -0.39 is 15.8 Å². The zero-order chi connectivity index (χ0) is 23.4. The Balaban J connectivity index is 1.30. The van der Waals surface area contributed by atoms with E-state index in [1.807, 2.05) is 29.8 Å². The van der Waals surface area contributed by atoms with Gasteiger partial charge in [0.25, 0.3) is 10.0 Å². The number of sulfonamides is 1. The van der Waals surface area contributed by atoms with Gasteiger partial charge in [0.1, 0.15) is 5.82 Å².